The van der Waals surface area contributed by atoms with Crippen molar-refractivity contribution in [2.45, 2.75) is 65.6 Å². The summed E-state index contributed by atoms with van der Waals surface area (Å²) in [6.07, 6.45) is 3.51. The van der Waals surface area contributed by atoms with E-state index in [0.717, 1.165) is 53.9 Å². The fraction of sp³-hybridized carbons (Fsp3) is 0.419. The molecule has 0 bridgehead atoms. The molecule has 3 N–H and O–H groups in total. The Labute approximate surface area is 248 Å². The van der Waals surface area contributed by atoms with Crippen molar-refractivity contribution in [3.05, 3.63) is 75.4 Å². The molecule has 4 rings (SSSR count). The number of amides is 1. The lowest BCUT2D eigenvalue weighted by Crippen LogP contribution is -2.36. The normalized spacial score (nSPS) is 16.4. The van der Waals surface area contributed by atoms with Crippen molar-refractivity contribution in [2.24, 2.45) is 5.92 Å². The van der Waals surface area contributed by atoms with Crippen molar-refractivity contribution in [3.63, 3.8) is 0 Å². The summed E-state index contributed by atoms with van der Waals surface area (Å²) >= 11 is 12.5. The van der Waals surface area contributed by atoms with Crippen LogP contribution in [-0.2, 0) is 17.9 Å². The first-order chi connectivity index (χ1) is 19.4. The summed E-state index contributed by atoms with van der Waals surface area (Å²) in [5, 5.41) is 11.1. The smallest absolute Gasteiger partial charge is 0.227 e. The molecule has 1 fully saturated rings. The maximum Gasteiger partial charge on any atom is 0.227 e. The highest BCUT2D eigenvalue weighted by Gasteiger charge is 2.26. The molecule has 0 saturated heterocycles. The number of halogens is 2. The molecule has 0 radical (unpaired) electrons. The summed E-state index contributed by atoms with van der Waals surface area (Å²) in [4.78, 5) is 17.4. The van der Waals surface area contributed by atoms with Crippen LogP contribution in [0.3, 0.4) is 0 Å². The van der Waals surface area contributed by atoms with E-state index in [1.165, 1.54) is 0 Å². The summed E-state index contributed by atoms with van der Waals surface area (Å²) in [6.45, 7) is 7.35. The Morgan fingerprint density at radius 1 is 0.950 bits per heavy atom. The summed E-state index contributed by atoms with van der Waals surface area (Å²) in [6, 6.07) is 15.4. The Morgan fingerprint density at radius 2 is 1.65 bits per heavy atom. The van der Waals surface area contributed by atoms with Crippen LogP contribution < -0.4 is 25.4 Å². The molecule has 1 heterocycles. The summed E-state index contributed by atoms with van der Waals surface area (Å²) in [7, 11) is 3.22. The van der Waals surface area contributed by atoms with Crippen molar-refractivity contribution < 1.29 is 14.3 Å². The molecular weight excluding hydrogens is 547 g/mol. The van der Waals surface area contributed by atoms with Gasteiger partial charge in [-0.15, -0.1) is 0 Å². The monoisotopic (exact) mass is 586 g/mol. The van der Waals surface area contributed by atoms with Gasteiger partial charge in [-0.3, -0.25) is 4.79 Å². The van der Waals surface area contributed by atoms with Gasteiger partial charge in [-0.05, 0) is 80.1 Å². The van der Waals surface area contributed by atoms with Crippen molar-refractivity contribution in [1.29, 1.82) is 0 Å². The Hall–Kier alpha value is -3.00. The SMILES string of the molecule is CC.COc1ccc(CNc2nc(Cl)cc(C)c2CNC2CCC(C(=O)Nc3ccc(OC)c(Cl)c3)CC2)cc1. The zero-order valence-electron chi connectivity index (χ0n) is 23.9. The molecule has 0 atom stereocenters. The summed E-state index contributed by atoms with van der Waals surface area (Å²) in [5.41, 5.74) is 3.99. The number of rotatable bonds is 10. The van der Waals surface area contributed by atoms with E-state index in [-0.39, 0.29) is 11.8 Å². The summed E-state index contributed by atoms with van der Waals surface area (Å²) in [5.74, 6) is 2.21. The van der Waals surface area contributed by atoms with Gasteiger partial charge in [0, 0.05) is 36.3 Å². The summed E-state index contributed by atoms with van der Waals surface area (Å²) < 4.78 is 10.4. The molecule has 1 aliphatic carbocycles. The molecule has 216 valence electrons. The van der Waals surface area contributed by atoms with E-state index in [1.807, 2.05) is 44.2 Å². The van der Waals surface area contributed by atoms with Crippen LogP contribution in [0, 0.1) is 12.8 Å². The second kappa shape index (κ2) is 15.7. The standard InChI is InChI=1S/C29H34Cl2N4O3.C2H6/c1-18-14-27(31)35-28(33-16-19-4-11-23(37-2)12-5-19)24(18)17-32-21-8-6-20(7-9-21)29(36)34-22-10-13-26(38-3)25(30)15-22;1-2/h4-5,10-15,20-21,32H,6-9,16-17H2,1-3H3,(H,33,35)(H,34,36);1-2H3. The Balaban J connectivity index is 0.00000216. The van der Waals surface area contributed by atoms with Crippen molar-refractivity contribution in [1.82, 2.24) is 10.3 Å². The number of aryl methyl sites for hydroxylation is 1. The van der Waals surface area contributed by atoms with Gasteiger partial charge in [0.05, 0.1) is 19.2 Å². The highest BCUT2D eigenvalue weighted by Crippen LogP contribution is 2.30. The van der Waals surface area contributed by atoms with E-state index in [1.54, 1.807) is 32.4 Å². The highest BCUT2D eigenvalue weighted by atomic mass is 35.5. The first-order valence-corrected chi connectivity index (χ1v) is 14.5. The number of nitrogens with zero attached hydrogens (tertiary/aromatic N) is 1. The number of anilines is 2. The number of nitrogens with one attached hydrogen (secondary N) is 3. The number of carbonyl (C=O) groups excluding carboxylic acids is 1. The first kappa shape index (κ1) is 31.5. The van der Waals surface area contributed by atoms with Crippen LogP contribution in [0.2, 0.25) is 10.2 Å². The van der Waals surface area contributed by atoms with Gasteiger partial charge in [0.15, 0.2) is 0 Å². The van der Waals surface area contributed by atoms with Crippen molar-refractivity contribution in [3.8, 4) is 11.5 Å². The molecular formula is C31H40Cl2N4O3. The Bertz CT molecular complexity index is 1250. The predicted molar refractivity (Wildman–Crippen MR) is 165 cm³/mol. The number of hydrogen-bond donors (Lipinski definition) is 3. The quantitative estimate of drug-likeness (QED) is 0.212. The molecule has 40 heavy (non-hydrogen) atoms. The van der Waals surface area contributed by atoms with E-state index in [4.69, 9.17) is 32.7 Å². The number of ether oxygens (including phenoxy) is 2. The van der Waals surface area contributed by atoms with Crippen LogP contribution >= 0.6 is 23.2 Å². The number of methoxy groups -OCH3 is 2. The first-order valence-electron chi connectivity index (χ1n) is 13.8. The lowest BCUT2D eigenvalue weighted by molar-refractivity contribution is -0.120. The van der Waals surface area contributed by atoms with Gasteiger partial charge in [-0.1, -0.05) is 49.2 Å². The predicted octanol–water partition coefficient (Wildman–Crippen LogP) is 7.64. The van der Waals surface area contributed by atoms with Crippen LogP contribution in [0.4, 0.5) is 11.5 Å². The minimum atomic E-state index is -0.0189. The maximum atomic E-state index is 12.8. The molecule has 1 aromatic heterocycles. The third-order valence-electron chi connectivity index (χ3n) is 7.02. The van der Waals surface area contributed by atoms with Gasteiger partial charge < -0.3 is 25.4 Å². The average Bonchev–Trinajstić information content (AvgIpc) is 2.97. The third-order valence-corrected chi connectivity index (χ3v) is 7.51. The van der Waals surface area contributed by atoms with Gasteiger partial charge >= 0.3 is 0 Å². The maximum absolute atomic E-state index is 12.8. The fourth-order valence-corrected chi connectivity index (χ4v) is 5.26. The molecule has 0 spiro atoms. The van der Waals surface area contributed by atoms with Gasteiger partial charge in [0.2, 0.25) is 5.91 Å². The fourth-order valence-electron chi connectivity index (χ4n) is 4.75. The number of benzene rings is 2. The third kappa shape index (κ3) is 8.75. The highest BCUT2D eigenvalue weighted by molar-refractivity contribution is 6.32. The molecule has 3 aromatic rings. The topological polar surface area (TPSA) is 84.5 Å². The van der Waals surface area contributed by atoms with Crippen LogP contribution in [-0.4, -0.2) is 31.2 Å². The lowest BCUT2D eigenvalue weighted by Gasteiger charge is -2.29. The molecule has 9 heteroatoms. The molecule has 0 unspecified atom stereocenters. The molecule has 1 aliphatic rings. The van der Waals surface area contributed by atoms with Crippen molar-refractivity contribution >= 4 is 40.6 Å². The van der Waals surface area contributed by atoms with Gasteiger partial charge in [0.1, 0.15) is 22.5 Å². The zero-order valence-corrected chi connectivity index (χ0v) is 25.5. The molecule has 2 aromatic carbocycles. The van der Waals surface area contributed by atoms with Crippen LogP contribution in [0.5, 0.6) is 11.5 Å². The lowest BCUT2D eigenvalue weighted by atomic mass is 9.85. The number of carbonyl (C=O) groups is 1. The van der Waals surface area contributed by atoms with E-state index in [0.29, 0.717) is 40.7 Å². The van der Waals surface area contributed by atoms with Gasteiger partial charge in [-0.2, -0.15) is 0 Å². The zero-order chi connectivity index (χ0) is 29.1. The van der Waals surface area contributed by atoms with Crippen molar-refractivity contribution in [2.75, 3.05) is 24.9 Å². The van der Waals surface area contributed by atoms with Gasteiger partial charge in [0.25, 0.3) is 0 Å². The van der Waals surface area contributed by atoms with E-state index >= 15 is 0 Å². The Morgan fingerprint density at radius 3 is 2.27 bits per heavy atom. The number of hydrogen-bond acceptors (Lipinski definition) is 6. The van der Waals surface area contributed by atoms with Crippen LogP contribution in [0.25, 0.3) is 0 Å². The van der Waals surface area contributed by atoms with E-state index < -0.39 is 0 Å². The average molecular weight is 588 g/mol. The van der Waals surface area contributed by atoms with E-state index in [2.05, 4.69) is 27.9 Å². The minimum Gasteiger partial charge on any atom is -0.497 e. The van der Waals surface area contributed by atoms with Crippen LogP contribution in [0.1, 0.15) is 56.2 Å². The second-order valence-corrected chi connectivity index (χ2v) is 10.4. The minimum absolute atomic E-state index is 0.0189. The molecule has 1 amide bonds. The van der Waals surface area contributed by atoms with E-state index in [9.17, 15) is 4.79 Å². The molecule has 7 nitrogen and oxygen atoms in total. The molecule has 1 saturated carbocycles. The second-order valence-electron chi connectivity index (χ2n) is 9.56. The molecule has 0 aliphatic heterocycles. The number of pyridine rings is 1. The van der Waals surface area contributed by atoms with Gasteiger partial charge in [-0.25, -0.2) is 4.98 Å². The largest absolute Gasteiger partial charge is 0.497 e. The number of aromatic nitrogens is 1. The van der Waals surface area contributed by atoms with Crippen LogP contribution in [0.15, 0.2) is 48.5 Å². The Kier molecular flexibility index (Phi) is 12.4.